The molecule has 0 radical (unpaired) electrons. The van der Waals surface area contributed by atoms with Gasteiger partial charge in [-0.1, -0.05) is 0 Å². The van der Waals surface area contributed by atoms with E-state index in [-0.39, 0.29) is 5.91 Å². The molecule has 0 fully saturated rings. The predicted octanol–water partition coefficient (Wildman–Crippen LogP) is 3.59. The van der Waals surface area contributed by atoms with Gasteiger partial charge in [0, 0.05) is 17.8 Å². The highest BCUT2D eigenvalue weighted by atomic mass is 16.5. The van der Waals surface area contributed by atoms with Crippen molar-refractivity contribution in [2.45, 2.75) is 26.4 Å². The third-order valence-corrected chi connectivity index (χ3v) is 4.81. The van der Waals surface area contributed by atoms with Crippen LogP contribution in [0.5, 0.6) is 5.75 Å². The number of carbonyl (C=O) groups excluding carboxylic acids is 1. The number of aliphatic hydroxyl groups is 1. The van der Waals surface area contributed by atoms with Crippen LogP contribution in [-0.2, 0) is 5.60 Å². The summed E-state index contributed by atoms with van der Waals surface area (Å²) in [6.07, 6.45) is 1.44. The molecule has 3 heterocycles. The Bertz CT molecular complexity index is 1240. The second-order valence-corrected chi connectivity index (χ2v) is 7.76. The zero-order valence-corrected chi connectivity index (χ0v) is 17.7. The number of anilines is 1. The minimum atomic E-state index is -1.07. The zero-order valence-electron chi connectivity index (χ0n) is 17.7. The second kappa shape index (κ2) is 7.81. The third-order valence-electron chi connectivity index (χ3n) is 4.81. The summed E-state index contributed by atoms with van der Waals surface area (Å²) >= 11 is 0. The van der Waals surface area contributed by atoms with Crippen LogP contribution in [0.2, 0.25) is 0 Å². The molecule has 0 atom stereocenters. The number of benzene rings is 1. The molecule has 0 spiro atoms. The van der Waals surface area contributed by atoms with Crippen molar-refractivity contribution in [3.63, 3.8) is 0 Å². The quantitative estimate of drug-likeness (QED) is 0.515. The molecule has 158 valence electrons. The predicted molar refractivity (Wildman–Crippen MR) is 117 cm³/mol. The molecule has 31 heavy (non-hydrogen) atoms. The molecule has 1 aromatic carbocycles. The van der Waals surface area contributed by atoms with E-state index in [1.54, 1.807) is 43.7 Å². The molecule has 0 aliphatic carbocycles. The summed E-state index contributed by atoms with van der Waals surface area (Å²) in [6, 6.07) is 14.4. The SMILES string of the molecule is COc1ccc(-c2nc(NC(=O)c3ccc(C(C)(C)O)nc3)cc3cc(C)nn23)cc1. The number of hydrogen-bond acceptors (Lipinski definition) is 6. The monoisotopic (exact) mass is 417 g/mol. The third kappa shape index (κ3) is 4.24. The first-order valence-corrected chi connectivity index (χ1v) is 9.77. The Morgan fingerprint density at radius 2 is 1.87 bits per heavy atom. The molecule has 0 saturated heterocycles. The van der Waals surface area contributed by atoms with Gasteiger partial charge in [0.1, 0.15) is 17.2 Å². The van der Waals surface area contributed by atoms with Crippen molar-refractivity contribution in [1.82, 2.24) is 19.6 Å². The van der Waals surface area contributed by atoms with Gasteiger partial charge in [0.25, 0.3) is 5.91 Å². The summed E-state index contributed by atoms with van der Waals surface area (Å²) in [5.74, 6) is 1.39. The minimum absolute atomic E-state index is 0.344. The molecule has 4 rings (SSSR count). The lowest BCUT2D eigenvalue weighted by atomic mass is 10.0. The van der Waals surface area contributed by atoms with Gasteiger partial charge in [-0.3, -0.25) is 9.78 Å². The zero-order chi connectivity index (χ0) is 22.2. The molecule has 0 bridgehead atoms. The smallest absolute Gasteiger partial charge is 0.258 e. The van der Waals surface area contributed by atoms with E-state index in [0.29, 0.717) is 22.9 Å². The Morgan fingerprint density at radius 3 is 2.48 bits per heavy atom. The van der Waals surface area contributed by atoms with Crippen LogP contribution in [0, 0.1) is 6.92 Å². The van der Waals surface area contributed by atoms with E-state index in [0.717, 1.165) is 22.5 Å². The Morgan fingerprint density at radius 1 is 1.13 bits per heavy atom. The van der Waals surface area contributed by atoms with Gasteiger partial charge in [-0.2, -0.15) is 5.10 Å². The average molecular weight is 417 g/mol. The van der Waals surface area contributed by atoms with Crippen molar-refractivity contribution in [2.75, 3.05) is 12.4 Å². The molecular formula is C23H23N5O3. The van der Waals surface area contributed by atoms with Gasteiger partial charge in [-0.25, -0.2) is 9.50 Å². The number of pyridine rings is 1. The number of aryl methyl sites for hydroxylation is 1. The summed E-state index contributed by atoms with van der Waals surface area (Å²) in [7, 11) is 1.61. The van der Waals surface area contributed by atoms with Crippen molar-refractivity contribution in [2.24, 2.45) is 0 Å². The number of ether oxygens (including phenoxy) is 1. The van der Waals surface area contributed by atoms with E-state index in [4.69, 9.17) is 4.74 Å². The van der Waals surface area contributed by atoms with Crippen LogP contribution in [0.3, 0.4) is 0 Å². The van der Waals surface area contributed by atoms with Gasteiger partial charge in [-0.15, -0.1) is 0 Å². The first-order chi connectivity index (χ1) is 14.7. The maximum atomic E-state index is 12.8. The average Bonchev–Trinajstić information content (AvgIpc) is 3.12. The van der Waals surface area contributed by atoms with E-state index in [9.17, 15) is 9.90 Å². The van der Waals surface area contributed by atoms with E-state index in [1.807, 2.05) is 37.3 Å². The van der Waals surface area contributed by atoms with Gasteiger partial charge in [0.15, 0.2) is 5.82 Å². The molecule has 2 N–H and O–H groups in total. The Hall–Kier alpha value is -3.78. The van der Waals surface area contributed by atoms with Crippen molar-refractivity contribution >= 4 is 17.2 Å². The standard InChI is InChI=1S/C23H23N5O3/c1-14-11-17-12-20(26-22(29)16-7-10-19(24-13-16)23(2,3)30)25-21(28(17)27-14)15-5-8-18(31-4)9-6-15/h5-13,30H,1-4H3,(H,26,29). The van der Waals surface area contributed by atoms with Crippen LogP contribution in [0.1, 0.15) is 35.6 Å². The topological polar surface area (TPSA) is 102 Å². The van der Waals surface area contributed by atoms with E-state index < -0.39 is 5.60 Å². The molecule has 0 saturated carbocycles. The van der Waals surface area contributed by atoms with Gasteiger partial charge in [0.2, 0.25) is 0 Å². The number of carbonyl (C=O) groups is 1. The highest BCUT2D eigenvalue weighted by molar-refractivity contribution is 6.03. The summed E-state index contributed by atoms with van der Waals surface area (Å²) in [4.78, 5) is 21.6. The summed E-state index contributed by atoms with van der Waals surface area (Å²) < 4.78 is 6.97. The number of nitrogens with zero attached hydrogens (tertiary/aromatic N) is 4. The molecule has 1 amide bonds. The maximum Gasteiger partial charge on any atom is 0.258 e. The van der Waals surface area contributed by atoms with Crippen LogP contribution in [0.25, 0.3) is 16.9 Å². The Kier molecular flexibility index (Phi) is 5.16. The highest BCUT2D eigenvalue weighted by Crippen LogP contribution is 2.25. The number of fused-ring (bicyclic) bond motifs is 1. The van der Waals surface area contributed by atoms with E-state index in [1.165, 1.54) is 6.20 Å². The summed E-state index contributed by atoms with van der Waals surface area (Å²) in [5, 5.41) is 17.4. The molecule has 0 unspecified atom stereocenters. The molecule has 3 aromatic heterocycles. The fourth-order valence-electron chi connectivity index (χ4n) is 3.20. The lowest BCUT2D eigenvalue weighted by Crippen LogP contribution is -2.19. The van der Waals surface area contributed by atoms with Gasteiger partial charge < -0.3 is 15.2 Å². The van der Waals surface area contributed by atoms with Crippen LogP contribution < -0.4 is 10.1 Å². The first kappa shape index (κ1) is 20.5. The van der Waals surface area contributed by atoms with Crippen LogP contribution in [0.4, 0.5) is 5.82 Å². The fourth-order valence-corrected chi connectivity index (χ4v) is 3.20. The molecule has 0 aliphatic heterocycles. The minimum Gasteiger partial charge on any atom is -0.497 e. The number of amides is 1. The maximum absolute atomic E-state index is 12.8. The number of methoxy groups -OCH3 is 1. The number of nitrogens with one attached hydrogen (secondary N) is 1. The van der Waals surface area contributed by atoms with Crippen molar-refractivity contribution in [1.29, 1.82) is 0 Å². The molecule has 4 aromatic rings. The summed E-state index contributed by atoms with van der Waals surface area (Å²) in [5.41, 5.74) is 2.26. The summed E-state index contributed by atoms with van der Waals surface area (Å²) in [6.45, 7) is 5.18. The van der Waals surface area contributed by atoms with Crippen LogP contribution in [-0.4, -0.2) is 37.7 Å². The van der Waals surface area contributed by atoms with E-state index >= 15 is 0 Å². The first-order valence-electron chi connectivity index (χ1n) is 9.77. The van der Waals surface area contributed by atoms with E-state index in [2.05, 4.69) is 20.4 Å². The van der Waals surface area contributed by atoms with Gasteiger partial charge in [-0.05, 0) is 63.2 Å². The highest BCUT2D eigenvalue weighted by Gasteiger charge is 2.19. The fraction of sp³-hybridized carbons (Fsp3) is 0.217. The lowest BCUT2D eigenvalue weighted by molar-refractivity contribution is 0.0737. The van der Waals surface area contributed by atoms with Crippen LogP contribution >= 0.6 is 0 Å². The molecular weight excluding hydrogens is 394 g/mol. The number of aromatic nitrogens is 4. The van der Waals surface area contributed by atoms with Crippen molar-refractivity contribution < 1.29 is 14.6 Å². The van der Waals surface area contributed by atoms with Crippen LogP contribution in [0.15, 0.2) is 54.7 Å². The van der Waals surface area contributed by atoms with Gasteiger partial charge in [0.05, 0.1) is 29.6 Å². The van der Waals surface area contributed by atoms with Crippen molar-refractivity contribution in [3.05, 3.63) is 71.7 Å². The Labute approximate surface area is 179 Å². The second-order valence-electron chi connectivity index (χ2n) is 7.76. The number of hydrogen-bond donors (Lipinski definition) is 2. The van der Waals surface area contributed by atoms with Crippen molar-refractivity contribution in [3.8, 4) is 17.1 Å². The number of rotatable bonds is 5. The largest absolute Gasteiger partial charge is 0.497 e. The Balaban J connectivity index is 1.68. The lowest BCUT2D eigenvalue weighted by Gasteiger charge is -2.16. The normalized spacial score (nSPS) is 11.5. The molecule has 0 aliphatic rings. The molecule has 8 heteroatoms. The van der Waals surface area contributed by atoms with Gasteiger partial charge >= 0.3 is 0 Å². The molecule has 8 nitrogen and oxygen atoms in total.